The molecule has 1 aliphatic carbocycles. The summed E-state index contributed by atoms with van der Waals surface area (Å²) in [6.07, 6.45) is -0.345. The number of methoxy groups -OCH3 is 1. The highest BCUT2D eigenvalue weighted by atomic mass is 19.3. The summed E-state index contributed by atoms with van der Waals surface area (Å²) in [6.45, 7) is 2.76. The summed E-state index contributed by atoms with van der Waals surface area (Å²) in [5.41, 5.74) is 0.787. The zero-order chi connectivity index (χ0) is 25.6. The summed E-state index contributed by atoms with van der Waals surface area (Å²) in [5, 5.41) is 3.90. The number of amides is 1. The number of nitrogens with zero attached hydrogens (tertiary/aromatic N) is 2. The second-order valence-corrected chi connectivity index (χ2v) is 9.43. The molecular formula is C27H28F3N3O2. The van der Waals surface area contributed by atoms with E-state index in [1.54, 1.807) is 14.0 Å². The van der Waals surface area contributed by atoms with Gasteiger partial charge in [-0.3, -0.25) is 9.78 Å². The monoisotopic (exact) mass is 484 g/mol. The molecule has 184 valence electrons. The van der Waals surface area contributed by atoms with Crippen LogP contribution in [0, 0.1) is 11.7 Å². The van der Waals surface area contributed by atoms with Gasteiger partial charge in [0.15, 0.2) is 0 Å². The Morgan fingerprint density at radius 3 is 2.74 bits per heavy atom. The molecule has 1 N–H and O–H groups in total. The summed E-state index contributed by atoms with van der Waals surface area (Å²) < 4.78 is 55.3. The fourth-order valence-corrected chi connectivity index (χ4v) is 4.96. The fraction of sp³-hybridized carbons (Fsp3) is 0.407. The van der Waals surface area contributed by atoms with Gasteiger partial charge in [0.1, 0.15) is 11.4 Å². The molecule has 1 aromatic heterocycles. The van der Waals surface area contributed by atoms with Gasteiger partial charge < -0.3 is 15.0 Å². The number of likely N-dealkylation sites (tertiary alicyclic amines) is 1. The molecule has 8 heteroatoms. The van der Waals surface area contributed by atoms with E-state index >= 15 is 0 Å². The molecule has 2 aromatic carbocycles. The van der Waals surface area contributed by atoms with E-state index in [-0.39, 0.29) is 23.6 Å². The maximum atomic E-state index is 14.8. The van der Waals surface area contributed by atoms with Crippen LogP contribution >= 0.6 is 0 Å². The minimum Gasteiger partial charge on any atom is -0.378 e. The smallest absolute Gasteiger partial charge is 0.266 e. The highest BCUT2D eigenvalue weighted by molar-refractivity contribution is 5.92. The van der Waals surface area contributed by atoms with Crippen molar-refractivity contribution in [2.75, 3.05) is 25.5 Å². The third kappa shape index (κ3) is 4.35. The van der Waals surface area contributed by atoms with Crippen LogP contribution in [0.2, 0.25) is 0 Å². The maximum absolute atomic E-state index is 14.8. The predicted molar refractivity (Wildman–Crippen MR) is 128 cm³/mol. The number of rotatable bonds is 7. The zero-order valence-corrected chi connectivity index (χ0v) is 19.7. The Hall–Kier alpha value is -3.13. The second-order valence-electron chi connectivity index (χ2n) is 9.43. The van der Waals surface area contributed by atoms with Crippen molar-refractivity contribution in [1.29, 1.82) is 0 Å². The van der Waals surface area contributed by atoms with Crippen LogP contribution in [-0.4, -0.2) is 36.0 Å². The summed E-state index contributed by atoms with van der Waals surface area (Å²) >= 11 is 0. The van der Waals surface area contributed by atoms with Crippen molar-refractivity contribution in [3.05, 3.63) is 71.1 Å². The van der Waals surface area contributed by atoms with Crippen molar-refractivity contribution in [2.24, 2.45) is 5.92 Å². The van der Waals surface area contributed by atoms with Crippen molar-refractivity contribution in [3.8, 4) is 0 Å². The molecule has 1 amide bonds. The molecule has 2 heterocycles. The number of hydrogen-bond acceptors (Lipinski definition) is 4. The average Bonchev–Trinajstić information content (AvgIpc) is 3.61. The highest BCUT2D eigenvalue weighted by Gasteiger charge is 2.45. The number of anilines is 1. The van der Waals surface area contributed by atoms with Crippen molar-refractivity contribution in [3.63, 3.8) is 0 Å². The minimum atomic E-state index is -2.91. The largest absolute Gasteiger partial charge is 0.378 e. The number of nitrogens with one attached hydrogen (secondary N) is 1. The highest BCUT2D eigenvalue weighted by Crippen LogP contribution is 2.40. The van der Waals surface area contributed by atoms with Crippen LogP contribution < -0.4 is 5.32 Å². The lowest BCUT2D eigenvalue weighted by molar-refractivity contribution is -0.132. The van der Waals surface area contributed by atoms with Gasteiger partial charge >= 0.3 is 0 Å². The zero-order valence-electron chi connectivity index (χ0n) is 20.7. The van der Waals surface area contributed by atoms with Crippen molar-refractivity contribution in [2.45, 2.75) is 44.3 Å². The summed E-state index contributed by atoms with van der Waals surface area (Å²) in [4.78, 5) is 18.8. The molecule has 0 spiro atoms. The number of benzene rings is 2. The molecule has 5 rings (SSSR count). The third-order valence-electron chi connectivity index (χ3n) is 7.20. The van der Waals surface area contributed by atoms with Gasteiger partial charge in [-0.25, -0.2) is 13.2 Å². The molecule has 2 atom stereocenters. The molecule has 5 nitrogen and oxygen atoms in total. The van der Waals surface area contributed by atoms with E-state index in [9.17, 15) is 18.0 Å². The van der Waals surface area contributed by atoms with Crippen LogP contribution in [0.25, 0.3) is 10.9 Å². The first-order chi connectivity index (χ1) is 17.2. The second kappa shape index (κ2) is 9.15. The van der Waals surface area contributed by atoms with E-state index in [0.29, 0.717) is 36.1 Å². The van der Waals surface area contributed by atoms with Gasteiger partial charge in [-0.1, -0.05) is 24.3 Å². The Bertz CT molecular complexity index is 1320. The summed E-state index contributed by atoms with van der Waals surface area (Å²) in [6, 6.07) is 10.5. The molecule has 0 radical (unpaired) electrons. The number of carbonyl (C=O) groups is 1. The molecular weight excluding hydrogens is 455 g/mol. The number of fused-ring (bicyclic) bond motifs is 1. The van der Waals surface area contributed by atoms with Gasteiger partial charge in [-0.2, -0.15) is 0 Å². The topological polar surface area (TPSA) is 54.5 Å². The molecule has 0 bridgehead atoms. The van der Waals surface area contributed by atoms with Crippen LogP contribution in [0.3, 0.4) is 0 Å². The van der Waals surface area contributed by atoms with E-state index in [4.69, 9.17) is 6.11 Å². The molecule has 1 saturated carbocycles. The van der Waals surface area contributed by atoms with Crippen LogP contribution in [0.4, 0.5) is 18.9 Å². The van der Waals surface area contributed by atoms with E-state index < -0.39 is 29.4 Å². The number of aromatic nitrogens is 1. The predicted octanol–water partition coefficient (Wildman–Crippen LogP) is 5.97. The van der Waals surface area contributed by atoms with E-state index in [1.807, 2.05) is 23.1 Å². The van der Waals surface area contributed by atoms with Crippen molar-refractivity contribution >= 4 is 22.5 Å². The first kappa shape index (κ1) is 22.3. The van der Waals surface area contributed by atoms with Crippen LogP contribution in [0.15, 0.2) is 48.6 Å². The first-order valence-electron chi connectivity index (χ1n) is 12.3. The molecule has 3 aromatic rings. The molecule has 2 fully saturated rings. The van der Waals surface area contributed by atoms with Gasteiger partial charge in [-0.15, -0.1) is 0 Å². The Balaban J connectivity index is 1.49. The van der Waals surface area contributed by atoms with Gasteiger partial charge in [0.05, 0.1) is 25.0 Å². The number of halogens is 3. The Morgan fingerprint density at radius 2 is 2.03 bits per heavy atom. The van der Waals surface area contributed by atoms with Gasteiger partial charge in [0, 0.05) is 42.4 Å². The van der Waals surface area contributed by atoms with Crippen LogP contribution in [-0.2, 0) is 15.1 Å². The molecule has 1 aliphatic heterocycles. The molecule has 1 saturated heterocycles. The number of pyridine rings is 1. The van der Waals surface area contributed by atoms with Crippen molar-refractivity contribution < 1.29 is 24.1 Å². The molecule has 0 unspecified atom stereocenters. The third-order valence-corrected chi connectivity index (χ3v) is 7.20. The van der Waals surface area contributed by atoms with Crippen LogP contribution in [0.1, 0.15) is 56.7 Å². The lowest BCUT2D eigenvalue weighted by Crippen LogP contribution is -2.36. The molecule has 35 heavy (non-hydrogen) atoms. The standard InChI is InChI=1S/C27H28F3N3O2/c1-16(19-4-3-5-20(24(19)28)25(29)30)32-23-10-12-31-22-9-8-18(14-21(22)23)27(35-2)11-13-33(15-27)26(34)17-6-7-17/h3-5,8-10,12,14,16-17,25H,6-7,11,13,15H2,1-2H3,(H,31,32)/t16-,27-/m1/s1/i12D. The minimum absolute atomic E-state index is 0.0234. The summed E-state index contributed by atoms with van der Waals surface area (Å²) in [7, 11) is 1.64. The van der Waals surface area contributed by atoms with E-state index in [2.05, 4.69) is 10.3 Å². The average molecular weight is 485 g/mol. The van der Waals surface area contributed by atoms with Gasteiger partial charge in [0.2, 0.25) is 5.91 Å². The van der Waals surface area contributed by atoms with Gasteiger partial charge in [0.25, 0.3) is 6.43 Å². The maximum Gasteiger partial charge on any atom is 0.266 e. The van der Waals surface area contributed by atoms with Crippen molar-refractivity contribution in [1.82, 2.24) is 9.88 Å². The Morgan fingerprint density at radius 1 is 1.26 bits per heavy atom. The lowest BCUT2D eigenvalue weighted by atomic mass is 9.91. The number of carbonyl (C=O) groups excluding carboxylic acids is 1. The lowest BCUT2D eigenvalue weighted by Gasteiger charge is -2.29. The Labute approximate surface area is 203 Å². The quantitative estimate of drug-likeness (QED) is 0.449. The van der Waals surface area contributed by atoms with Gasteiger partial charge in [-0.05, 0) is 49.9 Å². The normalized spacial score (nSPS) is 21.4. The first-order valence-corrected chi connectivity index (χ1v) is 11.8. The SMILES string of the molecule is [2H]c1cc(N[C@H](C)c2cccc(C(F)F)c2F)c2cc([C@@]3(OC)CCN(C(=O)C4CC4)C3)ccc2n1. The van der Waals surface area contributed by atoms with E-state index in [0.717, 1.165) is 24.5 Å². The number of hydrogen-bond donors (Lipinski definition) is 1. The Kier molecular flexibility index (Phi) is 5.84. The molecule has 2 aliphatic rings. The fourth-order valence-electron chi connectivity index (χ4n) is 4.96. The number of ether oxygens (including phenoxy) is 1. The van der Waals surface area contributed by atoms with E-state index in [1.165, 1.54) is 18.2 Å². The van der Waals surface area contributed by atoms with Crippen LogP contribution in [0.5, 0.6) is 0 Å². The number of alkyl halides is 2. The summed E-state index contributed by atoms with van der Waals surface area (Å²) in [5.74, 6) is -0.628.